The third kappa shape index (κ3) is 0.796. The monoisotopic (exact) mass is 190 g/mol. The van der Waals surface area contributed by atoms with Crippen molar-refractivity contribution >= 4 is 5.78 Å². The van der Waals surface area contributed by atoms with Crippen LogP contribution in [0.1, 0.15) is 46.0 Å². The highest BCUT2D eigenvalue weighted by atomic mass is 16.1. The molecule has 0 bridgehead atoms. The van der Waals surface area contributed by atoms with E-state index in [1.165, 1.54) is 25.7 Å². The van der Waals surface area contributed by atoms with Gasteiger partial charge in [0, 0.05) is 11.8 Å². The highest BCUT2D eigenvalue weighted by molar-refractivity contribution is 5.99. The van der Waals surface area contributed by atoms with E-state index in [0.29, 0.717) is 11.2 Å². The van der Waals surface area contributed by atoms with E-state index in [1.807, 2.05) is 0 Å². The zero-order valence-corrected chi connectivity index (χ0v) is 9.10. The van der Waals surface area contributed by atoms with Gasteiger partial charge in [0.25, 0.3) is 0 Å². The summed E-state index contributed by atoms with van der Waals surface area (Å²) in [6.07, 6.45) is 6.04. The van der Waals surface area contributed by atoms with Crippen molar-refractivity contribution in [3.05, 3.63) is 11.1 Å². The average molecular weight is 190 g/mol. The maximum atomic E-state index is 11.8. The number of Topliss-reactive ketones (excluding diaryl/α,β-unsaturated/α-hetero) is 1. The van der Waals surface area contributed by atoms with Gasteiger partial charge in [-0.05, 0) is 50.0 Å². The fraction of sp³-hybridized carbons (Fsp3) is 0.769. The second-order valence-electron chi connectivity index (χ2n) is 5.52. The number of carbonyl (C=O) groups is 1. The fourth-order valence-electron chi connectivity index (χ4n) is 4.38. The minimum absolute atomic E-state index is 0.362. The second kappa shape index (κ2) is 2.50. The molecule has 0 heterocycles. The van der Waals surface area contributed by atoms with E-state index in [4.69, 9.17) is 0 Å². The van der Waals surface area contributed by atoms with E-state index >= 15 is 0 Å². The standard InChI is InChI=1S/C13H18O/c1-8-5-6-13-7-12(14)9(2)11(13)4-3-10(8)13/h8,10H,3-7H2,1-2H3/t8-,10-,13-/m0/s1. The molecule has 14 heavy (non-hydrogen) atoms. The Morgan fingerprint density at radius 3 is 2.93 bits per heavy atom. The molecule has 2 fully saturated rings. The lowest BCUT2D eigenvalue weighted by Gasteiger charge is -2.27. The highest BCUT2D eigenvalue weighted by Crippen LogP contribution is 2.64. The number of hydrogen-bond acceptors (Lipinski definition) is 1. The molecule has 0 radical (unpaired) electrons. The smallest absolute Gasteiger partial charge is 0.159 e. The lowest BCUT2D eigenvalue weighted by molar-refractivity contribution is -0.116. The summed E-state index contributed by atoms with van der Waals surface area (Å²) >= 11 is 0. The van der Waals surface area contributed by atoms with Gasteiger partial charge in [-0.3, -0.25) is 4.79 Å². The van der Waals surface area contributed by atoms with Gasteiger partial charge in [0.15, 0.2) is 5.78 Å². The zero-order chi connectivity index (χ0) is 9.92. The Hall–Kier alpha value is -0.590. The molecule has 0 aromatic rings. The zero-order valence-electron chi connectivity index (χ0n) is 9.10. The third-order valence-corrected chi connectivity index (χ3v) is 5.10. The molecule has 0 saturated heterocycles. The second-order valence-corrected chi connectivity index (χ2v) is 5.52. The molecule has 0 aliphatic heterocycles. The molecule has 0 N–H and O–H groups in total. The van der Waals surface area contributed by atoms with Crippen LogP contribution in [-0.4, -0.2) is 5.78 Å². The first-order valence-electron chi connectivity index (χ1n) is 5.88. The van der Waals surface area contributed by atoms with Crippen molar-refractivity contribution in [2.75, 3.05) is 0 Å². The molecule has 0 aromatic carbocycles. The van der Waals surface area contributed by atoms with Gasteiger partial charge in [-0.25, -0.2) is 0 Å². The molecule has 76 valence electrons. The Bertz CT molecular complexity index is 339. The van der Waals surface area contributed by atoms with Crippen molar-refractivity contribution in [2.24, 2.45) is 17.3 Å². The molecule has 3 atom stereocenters. The molecule has 1 nitrogen and oxygen atoms in total. The summed E-state index contributed by atoms with van der Waals surface area (Å²) in [4.78, 5) is 11.8. The van der Waals surface area contributed by atoms with E-state index in [1.54, 1.807) is 5.57 Å². The third-order valence-electron chi connectivity index (χ3n) is 5.10. The highest BCUT2D eigenvalue weighted by Gasteiger charge is 2.56. The molecule has 0 aromatic heterocycles. The number of allylic oxidation sites excluding steroid dienone is 2. The summed E-state index contributed by atoms with van der Waals surface area (Å²) in [5.41, 5.74) is 3.04. The van der Waals surface area contributed by atoms with Gasteiger partial charge in [-0.2, -0.15) is 0 Å². The lowest BCUT2D eigenvalue weighted by atomic mass is 9.76. The molecule has 3 aliphatic carbocycles. The molecule has 0 unspecified atom stereocenters. The van der Waals surface area contributed by atoms with E-state index in [2.05, 4.69) is 13.8 Å². The summed E-state index contributed by atoms with van der Waals surface area (Å²) in [5.74, 6) is 2.13. The van der Waals surface area contributed by atoms with Crippen molar-refractivity contribution in [1.29, 1.82) is 0 Å². The normalized spacial score (nSPS) is 46.0. The van der Waals surface area contributed by atoms with Crippen LogP contribution < -0.4 is 0 Å². The quantitative estimate of drug-likeness (QED) is 0.573. The van der Waals surface area contributed by atoms with Crippen molar-refractivity contribution in [3.8, 4) is 0 Å². The first-order valence-corrected chi connectivity index (χ1v) is 5.88. The van der Waals surface area contributed by atoms with Crippen LogP contribution in [0.4, 0.5) is 0 Å². The van der Waals surface area contributed by atoms with Crippen molar-refractivity contribution < 1.29 is 4.79 Å². The maximum absolute atomic E-state index is 11.8. The summed E-state index contributed by atoms with van der Waals surface area (Å²) < 4.78 is 0. The minimum atomic E-state index is 0.362. The molecular formula is C13H18O. The Labute approximate surface area is 85.6 Å². The molecule has 1 spiro atoms. The van der Waals surface area contributed by atoms with E-state index in [9.17, 15) is 4.79 Å². The molecule has 0 amide bonds. The number of carbonyl (C=O) groups excluding carboxylic acids is 1. The Balaban J connectivity index is 2.10. The van der Waals surface area contributed by atoms with Gasteiger partial charge in [0.1, 0.15) is 0 Å². The van der Waals surface area contributed by atoms with Gasteiger partial charge >= 0.3 is 0 Å². The SMILES string of the molecule is CC1=C2CC[C@H]3[C@@H](C)CC[C@@]23CC1=O. The number of ketones is 1. The predicted octanol–water partition coefficient (Wildman–Crippen LogP) is 3.10. The largest absolute Gasteiger partial charge is 0.295 e. The minimum Gasteiger partial charge on any atom is -0.295 e. The maximum Gasteiger partial charge on any atom is 0.159 e. The van der Waals surface area contributed by atoms with Crippen LogP contribution in [0.25, 0.3) is 0 Å². The topological polar surface area (TPSA) is 17.1 Å². The summed E-state index contributed by atoms with van der Waals surface area (Å²) in [7, 11) is 0. The van der Waals surface area contributed by atoms with Gasteiger partial charge in [-0.1, -0.05) is 12.5 Å². The summed E-state index contributed by atoms with van der Waals surface area (Å²) in [5, 5.41) is 0. The molecule has 3 rings (SSSR count). The van der Waals surface area contributed by atoms with Crippen molar-refractivity contribution in [3.63, 3.8) is 0 Å². The summed E-state index contributed by atoms with van der Waals surface area (Å²) in [6.45, 7) is 4.43. The van der Waals surface area contributed by atoms with Crippen LogP contribution in [0.5, 0.6) is 0 Å². The van der Waals surface area contributed by atoms with Crippen molar-refractivity contribution in [1.82, 2.24) is 0 Å². The Morgan fingerprint density at radius 1 is 1.36 bits per heavy atom. The number of hydrogen-bond donors (Lipinski definition) is 0. The van der Waals surface area contributed by atoms with Crippen LogP contribution in [0.3, 0.4) is 0 Å². The van der Waals surface area contributed by atoms with Crippen LogP contribution in [0.2, 0.25) is 0 Å². The van der Waals surface area contributed by atoms with E-state index in [-0.39, 0.29) is 0 Å². The van der Waals surface area contributed by atoms with Gasteiger partial charge in [0.2, 0.25) is 0 Å². The van der Waals surface area contributed by atoms with E-state index < -0.39 is 0 Å². The van der Waals surface area contributed by atoms with Gasteiger partial charge in [-0.15, -0.1) is 0 Å². The van der Waals surface area contributed by atoms with Crippen LogP contribution >= 0.6 is 0 Å². The predicted molar refractivity (Wildman–Crippen MR) is 55.9 cm³/mol. The fourth-order valence-corrected chi connectivity index (χ4v) is 4.38. The number of rotatable bonds is 0. The molecule has 2 saturated carbocycles. The van der Waals surface area contributed by atoms with Crippen molar-refractivity contribution in [2.45, 2.75) is 46.0 Å². The first kappa shape index (κ1) is 8.70. The lowest BCUT2D eigenvalue weighted by Crippen LogP contribution is -2.22. The Morgan fingerprint density at radius 2 is 2.14 bits per heavy atom. The first-order chi connectivity index (χ1) is 6.65. The van der Waals surface area contributed by atoms with E-state index in [0.717, 1.165) is 23.8 Å². The molecular weight excluding hydrogens is 172 g/mol. The molecule has 1 heteroatoms. The van der Waals surface area contributed by atoms with Crippen LogP contribution in [0.15, 0.2) is 11.1 Å². The Kier molecular flexibility index (Phi) is 1.55. The average Bonchev–Trinajstić information content (AvgIpc) is 2.70. The molecule has 3 aliphatic rings. The summed E-state index contributed by atoms with van der Waals surface area (Å²) in [6, 6.07) is 0. The van der Waals surface area contributed by atoms with Gasteiger partial charge in [0.05, 0.1) is 0 Å². The van der Waals surface area contributed by atoms with Crippen LogP contribution in [0, 0.1) is 17.3 Å². The van der Waals surface area contributed by atoms with Gasteiger partial charge < -0.3 is 0 Å². The van der Waals surface area contributed by atoms with Crippen LogP contribution in [-0.2, 0) is 4.79 Å².